The summed E-state index contributed by atoms with van der Waals surface area (Å²) in [4.78, 5) is 17.5. The van der Waals surface area contributed by atoms with Gasteiger partial charge in [-0.1, -0.05) is 37.3 Å². The SMILES string of the molecule is Cc1c2c(=O)n(-c3nc4ccccc4s3)nc-2cc([O-])n1CCC(C)C. The van der Waals surface area contributed by atoms with E-state index in [0.717, 1.165) is 16.6 Å². The van der Waals surface area contributed by atoms with Gasteiger partial charge >= 0.3 is 0 Å². The highest BCUT2D eigenvalue weighted by atomic mass is 32.1. The van der Waals surface area contributed by atoms with Crippen LogP contribution in [0, 0.1) is 12.8 Å². The molecule has 0 bridgehead atoms. The first-order valence-electron chi connectivity index (χ1n) is 8.62. The van der Waals surface area contributed by atoms with E-state index in [0.29, 0.717) is 34.5 Å². The number of para-hydroxylation sites is 1. The quantitative estimate of drug-likeness (QED) is 0.555. The molecule has 2 aromatic rings. The van der Waals surface area contributed by atoms with Crippen LogP contribution in [0.15, 0.2) is 35.1 Å². The molecule has 26 heavy (non-hydrogen) atoms. The van der Waals surface area contributed by atoms with Crippen molar-refractivity contribution in [3.8, 4) is 22.3 Å². The molecule has 0 amide bonds. The van der Waals surface area contributed by atoms with Crippen LogP contribution >= 0.6 is 11.3 Å². The van der Waals surface area contributed by atoms with E-state index in [4.69, 9.17) is 0 Å². The molecule has 134 valence electrons. The van der Waals surface area contributed by atoms with E-state index in [1.165, 1.54) is 22.1 Å². The Labute approximate surface area is 154 Å². The molecule has 0 N–H and O–H groups in total. The summed E-state index contributed by atoms with van der Waals surface area (Å²) in [5.41, 5.74) is 2.20. The lowest BCUT2D eigenvalue weighted by atomic mass is 10.1. The van der Waals surface area contributed by atoms with E-state index in [1.54, 1.807) is 4.57 Å². The van der Waals surface area contributed by atoms with Crippen LogP contribution in [0.4, 0.5) is 0 Å². The minimum atomic E-state index is -0.227. The lowest BCUT2D eigenvalue weighted by Crippen LogP contribution is -2.18. The lowest BCUT2D eigenvalue weighted by molar-refractivity contribution is -0.279. The van der Waals surface area contributed by atoms with Crippen LogP contribution in [-0.4, -0.2) is 19.3 Å². The predicted octanol–water partition coefficient (Wildman–Crippen LogP) is 3.18. The van der Waals surface area contributed by atoms with Crippen LogP contribution in [0.25, 0.3) is 26.6 Å². The number of benzene rings is 1. The standard InChI is InChI=1S/C19H20N4O2S/c1-11(2)8-9-22-12(3)17-14(10-16(22)24)21-23(18(17)25)19-20-13-6-4-5-7-15(13)26-19/h4-7,10-11,24H,8-9H2,1-3H3/p-1. The number of rotatable bonds is 4. The number of hydrogen-bond donors (Lipinski definition) is 0. The highest BCUT2D eigenvalue weighted by Crippen LogP contribution is 2.29. The molecule has 0 atom stereocenters. The van der Waals surface area contributed by atoms with Crippen molar-refractivity contribution >= 4 is 21.6 Å². The van der Waals surface area contributed by atoms with Gasteiger partial charge in [0.15, 0.2) is 0 Å². The first-order chi connectivity index (χ1) is 12.5. The third-order valence-corrected chi connectivity index (χ3v) is 5.57. The number of pyridine rings is 1. The van der Waals surface area contributed by atoms with Gasteiger partial charge in [-0.3, -0.25) is 4.79 Å². The molecule has 0 saturated heterocycles. The number of aromatic nitrogens is 4. The van der Waals surface area contributed by atoms with Gasteiger partial charge in [0.1, 0.15) is 0 Å². The Kier molecular flexibility index (Phi) is 4.03. The van der Waals surface area contributed by atoms with Crippen LogP contribution in [0.2, 0.25) is 0 Å². The predicted molar refractivity (Wildman–Crippen MR) is 101 cm³/mol. The maximum absolute atomic E-state index is 13.0. The summed E-state index contributed by atoms with van der Waals surface area (Å²) in [6, 6.07) is 9.17. The van der Waals surface area contributed by atoms with Crippen molar-refractivity contribution in [1.82, 2.24) is 19.3 Å². The average molecular weight is 367 g/mol. The zero-order valence-electron chi connectivity index (χ0n) is 14.9. The molecule has 3 heterocycles. The molecular weight excluding hydrogens is 348 g/mol. The van der Waals surface area contributed by atoms with Crippen molar-refractivity contribution in [2.45, 2.75) is 33.7 Å². The van der Waals surface area contributed by atoms with Gasteiger partial charge in [-0.15, -0.1) is 0 Å². The minimum Gasteiger partial charge on any atom is -0.860 e. The second-order valence-electron chi connectivity index (χ2n) is 6.84. The highest BCUT2D eigenvalue weighted by Gasteiger charge is 2.22. The van der Waals surface area contributed by atoms with Gasteiger partial charge in [0.25, 0.3) is 5.56 Å². The fourth-order valence-electron chi connectivity index (χ4n) is 3.10. The van der Waals surface area contributed by atoms with Gasteiger partial charge in [0, 0.05) is 12.2 Å². The summed E-state index contributed by atoms with van der Waals surface area (Å²) in [5.74, 6) is 0.360. The van der Waals surface area contributed by atoms with Crippen molar-refractivity contribution in [2.75, 3.05) is 0 Å². The molecular formula is C19H19N4O2S-. The number of thiazole rings is 1. The van der Waals surface area contributed by atoms with Crippen molar-refractivity contribution in [2.24, 2.45) is 5.92 Å². The molecule has 0 unspecified atom stereocenters. The topological polar surface area (TPSA) is 75.8 Å². The fourth-order valence-corrected chi connectivity index (χ4v) is 4.02. The normalized spacial score (nSPS) is 11.8. The van der Waals surface area contributed by atoms with Crippen LogP contribution in [-0.2, 0) is 6.54 Å². The van der Waals surface area contributed by atoms with Gasteiger partial charge in [0.2, 0.25) is 5.13 Å². The molecule has 1 aromatic heterocycles. The van der Waals surface area contributed by atoms with Crippen LogP contribution in [0.5, 0.6) is 5.88 Å². The fraction of sp³-hybridized carbons (Fsp3) is 0.316. The molecule has 0 saturated carbocycles. The molecule has 0 aliphatic carbocycles. The Balaban J connectivity index is 1.88. The van der Waals surface area contributed by atoms with E-state index in [-0.39, 0.29) is 11.4 Å². The molecule has 4 rings (SSSR count). The Morgan fingerprint density at radius 3 is 2.77 bits per heavy atom. The van der Waals surface area contributed by atoms with Crippen LogP contribution in [0.1, 0.15) is 26.0 Å². The van der Waals surface area contributed by atoms with Crippen molar-refractivity contribution in [3.63, 3.8) is 0 Å². The van der Waals surface area contributed by atoms with E-state index in [9.17, 15) is 9.90 Å². The summed E-state index contributed by atoms with van der Waals surface area (Å²) in [6.07, 6.45) is 0.881. The van der Waals surface area contributed by atoms with Crippen molar-refractivity contribution < 1.29 is 5.11 Å². The smallest absolute Gasteiger partial charge is 0.284 e. The number of hydrogen-bond acceptors (Lipinski definition) is 5. The van der Waals surface area contributed by atoms with Gasteiger partial charge < -0.3 is 9.67 Å². The van der Waals surface area contributed by atoms with Crippen LogP contribution in [0.3, 0.4) is 0 Å². The Hall–Kier alpha value is -2.67. The maximum atomic E-state index is 13.0. The van der Waals surface area contributed by atoms with Crippen molar-refractivity contribution in [3.05, 3.63) is 46.4 Å². The Morgan fingerprint density at radius 2 is 2.04 bits per heavy atom. The van der Waals surface area contributed by atoms with Crippen LogP contribution < -0.4 is 10.7 Å². The summed E-state index contributed by atoms with van der Waals surface area (Å²) >= 11 is 1.41. The van der Waals surface area contributed by atoms with E-state index >= 15 is 0 Å². The average Bonchev–Trinajstić information content (AvgIpc) is 3.15. The number of nitrogens with zero attached hydrogens (tertiary/aromatic N) is 4. The Bertz CT molecular complexity index is 1090. The number of fused-ring (bicyclic) bond motifs is 2. The Morgan fingerprint density at radius 1 is 1.27 bits per heavy atom. The van der Waals surface area contributed by atoms with Gasteiger partial charge in [0.05, 0.1) is 21.5 Å². The van der Waals surface area contributed by atoms with Crippen molar-refractivity contribution in [1.29, 1.82) is 0 Å². The molecule has 0 spiro atoms. The first kappa shape index (κ1) is 16.8. The van der Waals surface area contributed by atoms with E-state index < -0.39 is 0 Å². The summed E-state index contributed by atoms with van der Waals surface area (Å²) in [5, 5.41) is 17.4. The minimum absolute atomic E-state index is 0.121. The molecule has 7 heteroatoms. The first-order valence-corrected chi connectivity index (χ1v) is 9.43. The second kappa shape index (κ2) is 6.25. The van der Waals surface area contributed by atoms with Gasteiger partial charge in [-0.25, -0.2) is 4.98 Å². The lowest BCUT2D eigenvalue weighted by Gasteiger charge is -2.23. The summed E-state index contributed by atoms with van der Waals surface area (Å²) < 4.78 is 3.98. The van der Waals surface area contributed by atoms with E-state index in [2.05, 4.69) is 23.9 Å². The molecule has 0 radical (unpaired) electrons. The third-order valence-electron chi connectivity index (χ3n) is 4.56. The molecule has 2 aliphatic heterocycles. The molecule has 6 nitrogen and oxygen atoms in total. The van der Waals surface area contributed by atoms with E-state index in [1.807, 2.05) is 31.2 Å². The van der Waals surface area contributed by atoms with Gasteiger partial charge in [-0.05, 0) is 43.3 Å². The maximum Gasteiger partial charge on any atom is 0.284 e. The molecule has 1 aromatic carbocycles. The zero-order valence-corrected chi connectivity index (χ0v) is 15.7. The molecule has 2 aliphatic rings. The van der Waals surface area contributed by atoms with Gasteiger partial charge in [-0.2, -0.15) is 9.78 Å². The summed E-state index contributed by atoms with van der Waals surface area (Å²) in [7, 11) is 0. The second-order valence-corrected chi connectivity index (χ2v) is 7.85. The largest absolute Gasteiger partial charge is 0.860 e. The summed E-state index contributed by atoms with van der Waals surface area (Å²) in [6.45, 7) is 6.64. The zero-order chi connectivity index (χ0) is 18.4. The monoisotopic (exact) mass is 367 g/mol. The highest BCUT2D eigenvalue weighted by molar-refractivity contribution is 7.20. The molecule has 0 fully saturated rings. The third kappa shape index (κ3) is 2.68.